The van der Waals surface area contributed by atoms with E-state index in [0.717, 1.165) is 25.7 Å². The van der Waals surface area contributed by atoms with Gasteiger partial charge in [-0.1, -0.05) is 111 Å². The van der Waals surface area contributed by atoms with E-state index >= 15 is 0 Å². The first kappa shape index (κ1) is 45.8. The van der Waals surface area contributed by atoms with Crippen LogP contribution in [0.5, 0.6) is 0 Å². The number of methoxy groups -OCH3 is 1. The molecule has 0 radical (unpaired) electrons. The van der Waals surface area contributed by atoms with Gasteiger partial charge in [-0.05, 0) is 99.0 Å². The van der Waals surface area contributed by atoms with Gasteiger partial charge in [0.2, 0.25) is 0 Å². The summed E-state index contributed by atoms with van der Waals surface area (Å²) in [5, 5.41) is 0.433. The van der Waals surface area contributed by atoms with Crippen molar-refractivity contribution in [1.82, 2.24) is 0 Å². The molecule has 8 heteroatoms. The Morgan fingerprint density at radius 3 is 1.70 bits per heavy atom. The molecule has 5 nitrogen and oxygen atoms in total. The van der Waals surface area contributed by atoms with Gasteiger partial charge in [0, 0.05) is 6.42 Å². The standard InChI is InChI=1S/C39H74O5Si3/c1-18-33(42-45(12,13)37(2,3)4)27-24-21-25-30-34(43-46(14,15)38(5,6)7)28-22-19-20-23-29-35(31-26-32-36(40)41-11)44-47(16,17)39(8,9)10/h19-20,22,24,27-28,33-35H,18,21,25-26,30-32H2,1-17H3/b20-19+,27-24+,28-22+/t33-,34+,35-/m1/s1. The summed E-state index contributed by atoms with van der Waals surface area (Å²) in [6.07, 6.45) is 18.6. The van der Waals surface area contributed by atoms with Crippen LogP contribution >= 0.6 is 0 Å². The quantitative estimate of drug-likeness (QED) is 0.0355. The van der Waals surface area contributed by atoms with Crippen molar-refractivity contribution in [3.05, 3.63) is 36.5 Å². The molecule has 272 valence electrons. The van der Waals surface area contributed by atoms with Crippen LogP contribution < -0.4 is 0 Å². The molecule has 0 fully saturated rings. The minimum absolute atomic E-state index is 0.0559. The highest BCUT2D eigenvalue weighted by Gasteiger charge is 2.40. The molecule has 0 rings (SSSR count). The van der Waals surface area contributed by atoms with Crippen LogP contribution in [0.4, 0.5) is 0 Å². The first-order valence-corrected chi connectivity index (χ1v) is 26.6. The Morgan fingerprint density at radius 2 is 1.21 bits per heavy atom. The number of esters is 1. The Morgan fingerprint density at radius 1 is 0.702 bits per heavy atom. The van der Waals surface area contributed by atoms with Crippen molar-refractivity contribution in [2.75, 3.05) is 7.11 Å². The summed E-state index contributed by atoms with van der Waals surface area (Å²) in [6, 6.07) is 0. The van der Waals surface area contributed by atoms with Gasteiger partial charge in [0.05, 0.1) is 19.3 Å². The summed E-state index contributed by atoms with van der Waals surface area (Å²) in [5.74, 6) is 6.33. The molecule has 3 atom stereocenters. The van der Waals surface area contributed by atoms with Gasteiger partial charge in [-0.15, -0.1) is 0 Å². The molecule has 0 aliphatic rings. The van der Waals surface area contributed by atoms with E-state index < -0.39 is 25.0 Å². The number of unbranched alkanes of at least 4 members (excludes halogenated alkanes) is 1. The van der Waals surface area contributed by atoms with Gasteiger partial charge < -0.3 is 18.0 Å². The molecule has 0 aliphatic carbocycles. The summed E-state index contributed by atoms with van der Waals surface area (Å²) >= 11 is 0. The van der Waals surface area contributed by atoms with Gasteiger partial charge in [-0.2, -0.15) is 0 Å². The SMILES string of the molecule is CC[C@H](/C=C/CCC[C@H](/C=C/C=C/C#C[C@H](CCCC(=O)OC)O[Si](C)(C)C(C)(C)C)O[Si](C)(C)C(C)(C)C)O[Si](C)(C)C(C)(C)C. The van der Waals surface area contributed by atoms with Crippen molar-refractivity contribution >= 4 is 30.9 Å². The smallest absolute Gasteiger partial charge is 0.305 e. The van der Waals surface area contributed by atoms with Crippen LogP contribution in [0.1, 0.15) is 114 Å². The van der Waals surface area contributed by atoms with Gasteiger partial charge in [0.15, 0.2) is 25.0 Å². The van der Waals surface area contributed by atoms with Crippen LogP contribution in [0.15, 0.2) is 36.5 Å². The molecule has 0 aromatic carbocycles. The maximum Gasteiger partial charge on any atom is 0.305 e. The molecule has 0 bridgehead atoms. The van der Waals surface area contributed by atoms with Crippen LogP contribution in [0, 0.1) is 11.8 Å². The number of ether oxygens (including phenoxy) is 1. The fourth-order valence-electron chi connectivity index (χ4n) is 3.91. The lowest BCUT2D eigenvalue weighted by Crippen LogP contribution is -2.43. The largest absolute Gasteiger partial charge is 0.469 e. The third-order valence-corrected chi connectivity index (χ3v) is 23.8. The minimum atomic E-state index is -2.01. The number of carbonyl (C=O) groups excluding carboxylic acids is 1. The molecule has 0 aromatic heterocycles. The normalized spacial score (nSPS) is 16.0. The third-order valence-electron chi connectivity index (χ3n) is 10.3. The van der Waals surface area contributed by atoms with Crippen molar-refractivity contribution in [3.63, 3.8) is 0 Å². The molecule has 0 heterocycles. The van der Waals surface area contributed by atoms with E-state index in [1.807, 2.05) is 12.2 Å². The van der Waals surface area contributed by atoms with Gasteiger partial charge in [-0.25, -0.2) is 0 Å². The van der Waals surface area contributed by atoms with E-state index in [4.69, 9.17) is 18.0 Å². The van der Waals surface area contributed by atoms with E-state index in [9.17, 15) is 4.79 Å². The second-order valence-corrected chi connectivity index (χ2v) is 31.7. The topological polar surface area (TPSA) is 54.0 Å². The van der Waals surface area contributed by atoms with Crippen LogP contribution in [-0.4, -0.2) is 56.3 Å². The van der Waals surface area contributed by atoms with E-state index in [-0.39, 0.29) is 39.4 Å². The molecular formula is C39H74O5Si3. The maximum atomic E-state index is 11.7. The van der Waals surface area contributed by atoms with Crippen molar-refractivity contribution in [2.45, 2.75) is 187 Å². The molecule has 0 saturated heterocycles. The lowest BCUT2D eigenvalue weighted by molar-refractivity contribution is -0.140. The number of hydrogen-bond donors (Lipinski definition) is 0. The number of hydrogen-bond acceptors (Lipinski definition) is 5. The Bertz CT molecular complexity index is 1070. The average Bonchev–Trinajstić information content (AvgIpc) is 2.91. The number of rotatable bonds is 18. The highest BCUT2D eigenvalue weighted by molar-refractivity contribution is 6.75. The summed E-state index contributed by atoms with van der Waals surface area (Å²) in [6.45, 7) is 36.4. The molecule has 0 saturated carbocycles. The van der Waals surface area contributed by atoms with E-state index in [2.05, 4.69) is 145 Å². The Balaban J connectivity index is 5.62. The lowest BCUT2D eigenvalue weighted by atomic mass is 10.1. The number of carbonyl (C=O) groups is 1. The molecule has 0 aromatic rings. The summed E-state index contributed by atoms with van der Waals surface area (Å²) in [5.41, 5.74) is 0. The second kappa shape index (κ2) is 19.8. The van der Waals surface area contributed by atoms with Crippen molar-refractivity contribution in [3.8, 4) is 11.8 Å². The highest BCUT2D eigenvalue weighted by Crippen LogP contribution is 2.39. The van der Waals surface area contributed by atoms with E-state index in [1.54, 1.807) is 0 Å². The van der Waals surface area contributed by atoms with Gasteiger partial charge in [0.25, 0.3) is 0 Å². The number of allylic oxidation sites excluding steroid dienone is 4. The summed E-state index contributed by atoms with van der Waals surface area (Å²) in [7, 11) is -4.32. The zero-order chi connectivity index (χ0) is 36.7. The zero-order valence-corrected chi connectivity index (χ0v) is 36.7. The first-order valence-electron chi connectivity index (χ1n) is 17.9. The van der Waals surface area contributed by atoms with Gasteiger partial charge in [0.1, 0.15) is 6.10 Å². The van der Waals surface area contributed by atoms with E-state index in [0.29, 0.717) is 19.3 Å². The van der Waals surface area contributed by atoms with Crippen molar-refractivity contribution in [2.24, 2.45) is 0 Å². The Labute approximate surface area is 295 Å². The Kier molecular flexibility index (Phi) is 19.3. The predicted molar refractivity (Wildman–Crippen MR) is 211 cm³/mol. The van der Waals surface area contributed by atoms with Crippen molar-refractivity contribution < 1.29 is 22.8 Å². The van der Waals surface area contributed by atoms with E-state index in [1.165, 1.54) is 7.11 Å². The van der Waals surface area contributed by atoms with Crippen LogP contribution in [0.2, 0.25) is 54.4 Å². The third kappa shape index (κ3) is 17.8. The minimum Gasteiger partial charge on any atom is -0.469 e. The molecule has 47 heavy (non-hydrogen) atoms. The predicted octanol–water partition coefficient (Wildman–Crippen LogP) is 11.8. The van der Waals surface area contributed by atoms with Crippen LogP contribution in [-0.2, 0) is 22.8 Å². The zero-order valence-electron chi connectivity index (χ0n) is 33.7. The van der Waals surface area contributed by atoms with Gasteiger partial charge in [-0.3, -0.25) is 4.79 Å². The molecule has 0 amide bonds. The highest BCUT2D eigenvalue weighted by atomic mass is 28.4. The fourth-order valence-corrected chi connectivity index (χ4v) is 7.81. The van der Waals surface area contributed by atoms with Crippen LogP contribution in [0.25, 0.3) is 0 Å². The first-order chi connectivity index (χ1) is 21.3. The molecule has 0 N–H and O–H groups in total. The monoisotopic (exact) mass is 706 g/mol. The molecule has 0 spiro atoms. The maximum absolute atomic E-state index is 11.7. The van der Waals surface area contributed by atoms with Gasteiger partial charge >= 0.3 is 5.97 Å². The van der Waals surface area contributed by atoms with Crippen LogP contribution in [0.3, 0.4) is 0 Å². The molecular weight excluding hydrogens is 633 g/mol. The Hall–Kier alpha value is -1.22. The summed E-state index contributed by atoms with van der Waals surface area (Å²) in [4.78, 5) is 11.7. The average molecular weight is 707 g/mol. The lowest BCUT2D eigenvalue weighted by Gasteiger charge is -2.38. The summed E-state index contributed by atoms with van der Waals surface area (Å²) < 4.78 is 24.9. The molecule has 0 unspecified atom stereocenters. The molecule has 0 aliphatic heterocycles. The van der Waals surface area contributed by atoms with Crippen molar-refractivity contribution in [1.29, 1.82) is 0 Å². The fraction of sp³-hybridized carbons (Fsp3) is 0.769. The second-order valence-electron chi connectivity index (χ2n) is 17.5.